The molecular formula is C14H14IN3O3S. The third-order valence-corrected chi connectivity index (χ3v) is 5.34. The monoisotopic (exact) mass is 431 g/mol. The molecule has 1 amide bonds. The first-order chi connectivity index (χ1) is 10.4. The highest BCUT2D eigenvalue weighted by atomic mass is 127. The van der Waals surface area contributed by atoms with E-state index in [0.29, 0.717) is 5.69 Å². The molecule has 0 fully saturated rings. The molecule has 0 aliphatic rings. The molecule has 0 saturated heterocycles. The molecule has 1 N–H and O–H groups in total. The molecule has 1 heterocycles. The van der Waals surface area contributed by atoms with Gasteiger partial charge < -0.3 is 5.32 Å². The van der Waals surface area contributed by atoms with Gasteiger partial charge in [0.1, 0.15) is 4.90 Å². The fourth-order valence-electron chi connectivity index (χ4n) is 1.70. The predicted octanol–water partition coefficient (Wildman–Crippen LogP) is 1.95. The Morgan fingerprint density at radius 3 is 2.55 bits per heavy atom. The van der Waals surface area contributed by atoms with Crippen LogP contribution in [0.1, 0.15) is 0 Å². The second kappa shape index (κ2) is 7.16. The molecule has 8 heteroatoms. The van der Waals surface area contributed by atoms with Crippen molar-refractivity contribution >= 4 is 44.2 Å². The zero-order valence-electron chi connectivity index (χ0n) is 11.7. The van der Waals surface area contributed by atoms with Gasteiger partial charge in [0.15, 0.2) is 0 Å². The first-order valence-electron chi connectivity index (χ1n) is 6.31. The average Bonchev–Trinajstić information content (AvgIpc) is 2.50. The molecule has 1 aromatic heterocycles. The van der Waals surface area contributed by atoms with Crippen molar-refractivity contribution < 1.29 is 13.2 Å². The summed E-state index contributed by atoms with van der Waals surface area (Å²) in [6.45, 7) is -0.275. The zero-order chi connectivity index (χ0) is 16.2. The number of rotatable bonds is 5. The quantitative estimate of drug-likeness (QED) is 0.735. The first kappa shape index (κ1) is 16.8. The maximum absolute atomic E-state index is 12.3. The maximum Gasteiger partial charge on any atom is 0.244 e. The molecule has 116 valence electrons. The topological polar surface area (TPSA) is 79.4 Å². The predicted molar refractivity (Wildman–Crippen MR) is 91.8 cm³/mol. The third kappa shape index (κ3) is 4.24. The molecule has 0 bridgehead atoms. The molecule has 2 aromatic rings. The minimum absolute atomic E-state index is 0.0552. The van der Waals surface area contributed by atoms with Crippen LogP contribution in [0.25, 0.3) is 0 Å². The smallest absolute Gasteiger partial charge is 0.244 e. The van der Waals surface area contributed by atoms with Crippen LogP contribution in [0.3, 0.4) is 0 Å². The van der Waals surface area contributed by atoms with E-state index in [4.69, 9.17) is 0 Å². The molecule has 0 unspecified atom stereocenters. The molecule has 0 saturated carbocycles. The Hall–Kier alpha value is -1.52. The SMILES string of the molecule is CN(CC(=O)Nc1ccc(I)cc1)S(=O)(=O)c1cccnc1. The number of sulfonamides is 1. The Kier molecular flexibility index (Phi) is 5.48. The lowest BCUT2D eigenvalue weighted by molar-refractivity contribution is -0.116. The highest BCUT2D eigenvalue weighted by Crippen LogP contribution is 2.13. The summed E-state index contributed by atoms with van der Waals surface area (Å²) < 4.78 is 26.6. The molecular weight excluding hydrogens is 417 g/mol. The lowest BCUT2D eigenvalue weighted by atomic mass is 10.3. The number of anilines is 1. The van der Waals surface area contributed by atoms with Crippen LogP contribution in [-0.4, -0.2) is 37.2 Å². The molecule has 1 aromatic carbocycles. The van der Waals surface area contributed by atoms with E-state index in [1.54, 1.807) is 12.1 Å². The van der Waals surface area contributed by atoms with E-state index in [-0.39, 0.29) is 11.4 Å². The van der Waals surface area contributed by atoms with Crippen LogP contribution in [0.2, 0.25) is 0 Å². The van der Waals surface area contributed by atoms with E-state index in [9.17, 15) is 13.2 Å². The Balaban J connectivity index is 2.03. The number of halogens is 1. The number of likely N-dealkylation sites (N-methyl/N-ethyl adjacent to an activating group) is 1. The van der Waals surface area contributed by atoms with E-state index in [1.165, 1.54) is 31.6 Å². The minimum Gasteiger partial charge on any atom is -0.325 e. The number of carbonyl (C=O) groups is 1. The van der Waals surface area contributed by atoms with Crippen molar-refractivity contribution in [1.29, 1.82) is 0 Å². The van der Waals surface area contributed by atoms with Crippen molar-refractivity contribution in [2.24, 2.45) is 0 Å². The Morgan fingerprint density at radius 1 is 1.27 bits per heavy atom. The summed E-state index contributed by atoms with van der Waals surface area (Å²) in [4.78, 5) is 15.8. The van der Waals surface area contributed by atoms with Crippen molar-refractivity contribution in [2.45, 2.75) is 4.90 Å². The van der Waals surface area contributed by atoms with Crippen molar-refractivity contribution in [3.63, 3.8) is 0 Å². The van der Waals surface area contributed by atoms with Crippen LogP contribution in [0.5, 0.6) is 0 Å². The molecule has 0 spiro atoms. The van der Waals surface area contributed by atoms with Crippen molar-refractivity contribution in [3.05, 3.63) is 52.4 Å². The Bertz CT molecular complexity index is 749. The number of benzene rings is 1. The lowest BCUT2D eigenvalue weighted by Crippen LogP contribution is -2.35. The normalized spacial score (nSPS) is 11.4. The van der Waals surface area contributed by atoms with E-state index in [0.717, 1.165) is 7.88 Å². The van der Waals surface area contributed by atoms with Crippen LogP contribution in [-0.2, 0) is 14.8 Å². The molecule has 6 nitrogen and oxygen atoms in total. The van der Waals surface area contributed by atoms with Crippen molar-refractivity contribution in [2.75, 3.05) is 18.9 Å². The molecule has 0 aliphatic heterocycles. The van der Waals surface area contributed by atoms with E-state index < -0.39 is 15.9 Å². The summed E-state index contributed by atoms with van der Waals surface area (Å²) >= 11 is 2.16. The Labute approximate surface area is 142 Å². The summed E-state index contributed by atoms with van der Waals surface area (Å²) in [6, 6.07) is 10.2. The largest absolute Gasteiger partial charge is 0.325 e. The number of amides is 1. The molecule has 0 atom stereocenters. The molecule has 0 aliphatic carbocycles. The van der Waals surface area contributed by atoms with Crippen LogP contribution in [0.4, 0.5) is 5.69 Å². The highest BCUT2D eigenvalue weighted by molar-refractivity contribution is 14.1. The second-order valence-corrected chi connectivity index (χ2v) is 7.80. The summed E-state index contributed by atoms with van der Waals surface area (Å²) in [5.41, 5.74) is 0.623. The van der Waals surface area contributed by atoms with Crippen LogP contribution < -0.4 is 5.32 Å². The van der Waals surface area contributed by atoms with Gasteiger partial charge in [-0.25, -0.2) is 8.42 Å². The lowest BCUT2D eigenvalue weighted by Gasteiger charge is -2.16. The standard InChI is InChI=1S/C14H14IN3O3S/c1-18(22(20,21)13-3-2-8-16-9-13)10-14(19)17-12-6-4-11(15)5-7-12/h2-9H,10H2,1H3,(H,17,19). The van der Waals surface area contributed by atoms with Gasteiger partial charge in [0.25, 0.3) is 0 Å². The number of pyridine rings is 1. The third-order valence-electron chi connectivity index (χ3n) is 2.84. The minimum atomic E-state index is -3.72. The number of nitrogens with zero attached hydrogens (tertiary/aromatic N) is 2. The van der Waals surface area contributed by atoms with Gasteiger partial charge >= 0.3 is 0 Å². The number of nitrogens with one attached hydrogen (secondary N) is 1. The number of hydrogen-bond donors (Lipinski definition) is 1. The zero-order valence-corrected chi connectivity index (χ0v) is 14.7. The highest BCUT2D eigenvalue weighted by Gasteiger charge is 2.22. The van der Waals surface area contributed by atoms with E-state index >= 15 is 0 Å². The maximum atomic E-state index is 12.3. The van der Waals surface area contributed by atoms with Crippen LogP contribution in [0.15, 0.2) is 53.7 Å². The van der Waals surface area contributed by atoms with Crippen molar-refractivity contribution in [1.82, 2.24) is 9.29 Å². The van der Waals surface area contributed by atoms with Crippen LogP contribution in [0, 0.1) is 3.57 Å². The van der Waals surface area contributed by atoms with Crippen molar-refractivity contribution in [3.8, 4) is 0 Å². The fourth-order valence-corrected chi connectivity index (χ4v) is 3.15. The molecule has 0 radical (unpaired) electrons. The van der Waals surface area contributed by atoms with Gasteiger partial charge in [-0.15, -0.1) is 0 Å². The van der Waals surface area contributed by atoms with Gasteiger partial charge in [-0.2, -0.15) is 4.31 Å². The fraction of sp³-hybridized carbons (Fsp3) is 0.143. The summed E-state index contributed by atoms with van der Waals surface area (Å²) in [5, 5.41) is 2.66. The Morgan fingerprint density at radius 2 is 1.95 bits per heavy atom. The van der Waals surface area contributed by atoms with Gasteiger partial charge in [-0.1, -0.05) is 0 Å². The first-order valence-corrected chi connectivity index (χ1v) is 8.83. The van der Waals surface area contributed by atoms with Gasteiger partial charge in [0.05, 0.1) is 6.54 Å². The average molecular weight is 431 g/mol. The summed E-state index contributed by atoms with van der Waals surface area (Å²) in [6.07, 6.45) is 2.74. The number of hydrogen-bond acceptors (Lipinski definition) is 4. The van der Waals surface area contributed by atoms with E-state index in [1.807, 2.05) is 12.1 Å². The van der Waals surface area contributed by atoms with E-state index in [2.05, 4.69) is 32.9 Å². The van der Waals surface area contributed by atoms with Gasteiger partial charge in [-0.3, -0.25) is 9.78 Å². The molecule has 2 rings (SSSR count). The second-order valence-electron chi connectivity index (χ2n) is 4.50. The van der Waals surface area contributed by atoms with Crippen LogP contribution >= 0.6 is 22.6 Å². The van der Waals surface area contributed by atoms with Gasteiger partial charge in [0.2, 0.25) is 15.9 Å². The van der Waals surface area contributed by atoms with Gasteiger partial charge in [0, 0.05) is 28.7 Å². The van der Waals surface area contributed by atoms with Gasteiger partial charge in [-0.05, 0) is 59.0 Å². The number of aromatic nitrogens is 1. The summed E-state index contributed by atoms with van der Waals surface area (Å²) in [5.74, 6) is -0.406. The molecule has 22 heavy (non-hydrogen) atoms. The summed E-state index contributed by atoms with van der Waals surface area (Å²) in [7, 11) is -2.37. The number of carbonyl (C=O) groups excluding carboxylic acids is 1.